The summed E-state index contributed by atoms with van der Waals surface area (Å²) in [6.07, 6.45) is 3.93. The van der Waals surface area contributed by atoms with Gasteiger partial charge in [-0.1, -0.05) is 41.0 Å². The van der Waals surface area contributed by atoms with Gasteiger partial charge in [-0.25, -0.2) is 0 Å². The van der Waals surface area contributed by atoms with Crippen LogP contribution in [0.3, 0.4) is 0 Å². The minimum Gasteiger partial charge on any atom is -0.299 e. The third kappa shape index (κ3) is 6.80. The molecule has 0 bridgehead atoms. The molecule has 0 saturated carbocycles. The summed E-state index contributed by atoms with van der Waals surface area (Å²) in [6.45, 7) is 10.7. The molecule has 78 valence electrons. The number of hydrogen-bond acceptors (Lipinski definition) is 1. The van der Waals surface area contributed by atoms with Crippen LogP contribution in [-0.2, 0) is 4.79 Å². The Bertz CT molecular complexity index is 153. The molecule has 1 nitrogen and oxygen atoms in total. The van der Waals surface area contributed by atoms with E-state index in [-0.39, 0.29) is 5.92 Å². The predicted molar refractivity (Wildman–Crippen MR) is 57.8 cm³/mol. The van der Waals surface area contributed by atoms with E-state index >= 15 is 0 Å². The summed E-state index contributed by atoms with van der Waals surface area (Å²) < 4.78 is 0. The topological polar surface area (TPSA) is 17.1 Å². The number of carbonyl (C=O) groups excluding carboxylic acids is 1. The van der Waals surface area contributed by atoms with E-state index in [0.29, 0.717) is 11.2 Å². The smallest absolute Gasteiger partial charge is 0.135 e. The number of carbonyl (C=O) groups is 1. The summed E-state index contributed by atoms with van der Waals surface area (Å²) in [7, 11) is 0. The molecule has 0 amide bonds. The second-order valence-electron chi connectivity index (χ2n) is 5.22. The first-order valence-electron chi connectivity index (χ1n) is 5.39. The zero-order valence-corrected chi connectivity index (χ0v) is 9.81. The van der Waals surface area contributed by atoms with E-state index in [4.69, 9.17) is 0 Å². The van der Waals surface area contributed by atoms with Gasteiger partial charge in [-0.3, -0.25) is 4.79 Å². The molecule has 0 N–H and O–H groups in total. The standard InChI is InChI=1S/C12H24O/c1-6-7-10(2)11(13)8-9-12(3,4)5/h10H,6-9H2,1-5H3. The fourth-order valence-electron chi connectivity index (χ4n) is 1.34. The zero-order chi connectivity index (χ0) is 10.5. The maximum absolute atomic E-state index is 11.6. The first-order valence-corrected chi connectivity index (χ1v) is 5.39. The SMILES string of the molecule is CCCC(C)C(=O)CCC(C)(C)C. The van der Waals surface area contributed by atoms with Crippen molar-refractivity contribution in [2.75, 3.05) is 0 Å². The summed E-state index contributed by atoms with van der Waals surface area (Å²) in [5.74, 6) is 0.712. The van der Waals surface area contributed by atoms with Crippen LogP contribution in [0.25, 0.3) is 0 Å². The Labute approximate surface area is 82.9 Å². The quantitative estimate of drug-likeness (QED) is 0.635. The van der Waals surface area contributed by atoms with E-state index in [9.17, 15) is 4.79 Å². The van der Waals surface area contributed by atoms with Gasteiger partial charge in [-0.2, -0.15) is 0 Å². The van der Waals surface area contributed by atoms with E-state index in [0.717, 1.165) is 25.7 Å². The largest absolute Gasteiger partial charge is 0.299 e. The average molecular weight is 184 g/mol. The number of rotatable bonds is 5. The maximum Gasteiger partial charge on any atom is 0.135 e. The van der Waals surface area contributed by atoms with E-state index in [1.165, 1.54) is 0 Å². The first-order chi connectivity index (χ1) is 5.87. The molecule has 0 heterocycles. The van der Waals surface area contributed by atoms with E-state index in [2.05, 4.69) is 34.6 Å². The Morgan fingerprint density at radius 1 is 1.31 bits per heavy atom. The highest BCUT2D eigenvalue weighted by molar-refractivity contribution is 5.80. The van der Waals surface area contributed by atoms with Gasteiger partial charge in [-0.15, -0.1) is 0 Å². The van der Waals surface area contributed by atoms with Crippen LogP contribution in [-0.4, -0.2) is 5.78 Å². The molecule has 0 rings (SSSR count). The van der Waals surface area contributed by atoms with Crippen LogP contribution in [0.1, 0.15) is 60.3 Å². The summed E-state index contributed by atoms with van der Waals surface area (Å²) in [6, 6.07) is 0. The minimum absolute atomic E-state index is 0.271. The molecule has 0 aromatic rings. The first kappa shape index (κ1) is 12.7. The Hall–Kier alpha value is -0.330. The highest BCUT2D eigenvalue weighted by Crippen LogP contribution is 2.22. The second-order valence-corrected chi connectivity index (χ2v) is 5.22. The lowest BCUT2D eigenvalue weighted by Crippen LogP contribution is -2.14. The van der Waals surface area contributed by atoms with Crippen molar-refractivity contribution in [1.82, 2.24) is 0 Å². The van der Waals surface area contributed by atoms with Crippen LogP contribution in [0.2, 0.25) is 0 Å². The van der Waals surface area contributed by atoms with E-state index in [1.54, 1.807) is 0 Å². The average Bonchev–Trinajstić information content (AvgIpc) is 1.99. The summed E-state index contributed by atoms with van der Waals surface area (Å²) >= 11 is 0. The van der Waals surface area contributed by atoms with Crippen LogP contribution >= 0.6 is 0 Å². The van der Waals surface area contributed by atoms with E-state index in [1.807, 2.05) is 0 Å². The molecule has 1 unspecified atom stereocenters. The van der Waals surface area contributed by atoms with Crippen LogP contribution in [0, 0.1) is 11.3 Å². The molecule has 13 heavy (non-hydrogen) atoms. The van der Waals surface area contributed by atoms with Crippen molar-refractivity contribution < 1.29 is 4.79 Å². The fraction of sp³-hybridized carbons (Fsp3) is 0.917. The van der Waals surface area contributed by atoms with Gasteiger partial charge < -0.3 is 0 Å². The summed E-state index contributed by atoms with van der Waals surface area (Å²) in [5.41, 5.74) is 0.293. The highest BCUT2D eigenvalue weighted by atomic mass is 16.1. The second kappa shape index (κ2) is 5.41. The van der Waals surface area contributed by atoms with Gasteiger partial charge in [0, 0.05) is 12.3 Å². The molecular formula is C12H24O. The lowest BCUT2D eigenvalue weighted by molar-refractivity contribution is -0.123. The van der Waals surface area contributed by atoms with Gasteiger partial charge in [-0.05, 0) is 18.3 Å². The van der Waals surface area contributed by atoms with Gasteiger partial charge in [0.15, 0.2) is 0 Å². The molecule has 0 spiro atoms. The van der Waals surface area contributed by atoms with Crippen LogP contribution in [0.15, 0.2) is 0 Å². The molecule has 0 fully saturated rings. The van der Waals surface area contributed by atoms with Crippen molar-refractivity contribution in [1.29, 1.82) is 0 Å². The van der Waals surface area contributed by atoms with Gasteiger partial charge in [0.1, 0.15) is 5.78 Å². The van der Waals surface area contributed by atoms with Crippen molar-refractivity contribution in [2.24, 2.45) is 11.3 Å². The molecule has 0 radical (unpaired) electrons. The molecule has 0 aliphatic rings. The third-order valence-electron chi connectivity index (χ3n) is 2.39. The number of ketones is 1. The third-order valence-corrected chi connectivity index (χ3v) is 2.39. The van der Waals surface area contributed by atoms with Crippen molar-refractivity contribution in [3.8, 4) is 0 Å². The lowest BCUT2D eigenvalue weighted by atomic mass is 9.87. The molecule has 0 aliphatic heterocycles. The monoisotopic (exact) mass is 184 g/mol. The minimum atomic E-state index is 0.271. The van der Waals surface area contributed by atoms with Crippen molar-refractivity contribution in [2.45, 2.75) is 60.3 Å². The van der Waals surface area contributed by atoms with Crippen molar-refractivity contribution >= 4 is 5.78 Å². The van der Waals surface area contributed by atoms with Crippen LogP contribution in [0.5, 0.6) is 0 Å². The van der Waals surface area contributed by atoms with E-state index < -0.39 is 0 Å². The number of hydrogen-bond donors (Lipinski definition) is 0. The molecule has 0 aromatic heterocycles. The van der Waals surface area contributed by atoms with Gasteiger partial charge in [0.25, 0.3) is 0 Å². The van der Waals surface area contributed by atoms with Gasteiger partial charge in [0.05, 0.1) is 0 Å². The number of Topliss-reactive ketones (excluding diaryl/α,β-unsaturated/α-hetero) is 1. The van der Waals surface area contributed by atoms with Crippen LogP contribution in [0.4, 0.5) is 0 Å². The normalized spacial score (nSPS) is 14.2. The zero-order valence-electron chi connectivity index (χ0n) is 9.81. The predicted octanol–water partition coefficient (Wildman–Crippen LogP) is 3.82. The molecule has 0 aliphatic carbocycles. The fourth-order valence-corrected chi connectivity index (χ4v) is 1.34. The van der Waals surface area contributed by atoms with Crippen molar-refractivity contribution in [3.63, 3.8) is 0 Å². The molecule has 1 atom stereocenters. The van der Waals surface area contributed by atoms with Gasteiger partial charge >= 0.3 is 0 Å². The Morgan fingerprint density at radius 2 is 1.85 bits per heavy atom. The molecular weight excluding hydrogens is 160 g/mol. The Balaban J connectivity index is 3.74. The van der Waals surface area contributed by atoms with Crippen molar-refractivity contribution in [3.05, 3.63) is 0 Å². The molecule has 1 heteroatoms. The Morgan fingerprint density at radius 3 is 2.23 bits per heavy atom. The summed E-state index contributed by atoms with van der Waals surface area (Å²) in [4.78, 5) is 11.6. The maximum atomic E-state index is 11.6. The van der Waals surface area contributed by atoms with Gasteiger partial charge in [0.2, 0.25) is 0 Å². The highest BCUT2D eigenvalue weighted by Gasteiger charge is 2.16. The molecule has 0 aromatic carbocycles. The molecule has 0 saturated heterocycles. The Kier molecular flexibility index (Phi) is 5.27. The lowest BCUT2D eigenvalue weighted by Gasteiger charge is -2.18. The van der Waals surface area contributed by atoms with Crippen LogP contribution < -0.4 is 0 Å². The summed E-state index contributed by atoms with van der Waals surface area (Å²) in [5, 5.41) is 0.